The smallest absolute Gasteiger partial charge is 0.298 e. The Morgan fingerprint density at radius 3 is 2.52 bits per heavy atom. The fourth-order valence-electron chi connectivity index (χ4n) is 2.77. The molecule has 3 rings (SSSR count). The SMILES string of the molecule is COc1ccc(-n2c(C)c([N+](=O)[O-])c3ccc(O)cc32)cc1O. The van der Waals surface area contributed by atoms with Gasteiger partial charge >= 0.3 is 0 Å². The molecule has 7 nitrogen and oxygen atoms in total. The van der Waals surface area contributed by atoms with Gasteiger partial charge in [0.05, 0.1) is 34.3 Å². The van der Waals surface area contributed by atoms with Crippen LogP contribution in [0.1, 0.15) is 5.69 Å². The van der Waals surface area contributed by atoms with Crippen molar-refractivity contribution in [3.05, 3.63) is 52.2 Å². The molecule has 0 radical (unpaired) electrons. The van der Waals surface area contributed by atoms with Gasteiger partial charge in [-0.1, -0.05) is 0 Å². The molecule has 1 heterocycles. The number of benzene rings is 2. The predicted molar refractivity (Wildman–Crippen MR) is 84.5 cm³/mol. The number of phenolic OH excluding ortho intramolecular Hbond substituents is 2. The highest BCUT2D eigenvalue weighted by atomic mass is 16.6. The fraction of sp³-hybridized carbons (Fsp3) is 0.125. The number of nitro groups is 1. The number of aromatic hydroxyl groups is 2. The summed E-state index contributed by atoms with van der Waals surface area (Å²) >= 11 is 0. The van der Waals surface area contributed by atoms with Crippen molar-refractivity contribution in [1.29, 1.82) is 0 Å². The van der Waals surface area contributed by atoms with Crippen LogP contribution >= 0.6 is 0 Å². The highest BCUT2D eigenvalue weighted by Gasteiger charge is 2.24. The standard InChI is InChI=1S/C16H14N2O5/c1-9-16(18(21)22)12-5-4-11(19)8-13(12)17(9)10-3-6-15(23-2)14(20)7-10/h3-8,19-20H,1-2H3. The van der Waals surface area contributed by atoms with Gasteiger partial charge in [0.15, 0.2) is 11.5 Å². The Labute approximate surface area is 131 Å². The van der Waals surface area contributed by atoms with Crippen molar-refractivity contribution in [2.24, 2.45) is 0 Å². The molecule has 0 atom stereocenters. The predicted octanol–water partition coefficient (Wildman–Crippen LogP) is 3.27. The third-order valence-corrected chi connectivity index (χ3v) is 3.76. The van der Waals surface area contributed by atoms with Crippen molar-refractivity contribution in [2.75, 3.05) is 7.11 Å². The first-order valence-electron chi connectivity index (χ1n) is 6.80. The minimum absolute atomic E-state index is 0.00359. The Bertz CT molecular complexity index is 930. The largest absolute Gasteiger partial charge is 0.508 e. The zero-order chi connectivity index (χ0) is 16.7. The average molecular weight is 314 g/mol. The second kappa shape index (κ2) is 5.20. The van der Waals surface area contributed by atoms with E-state index in [1.807, 2.05) is 0 Å². The number of ether oxygens (including phenoxy) is 1. The van der Waals surface area contributed by atoms with Gasteiger partial charge in [-0.15, -0.1) is 0 Å². The van der Waals surface area contributed by atoms with Crippen molar-refractivity contribution < 1.29 is 19.9 Å². The van der Waals surface area contributed by atoms with Crippen LogP contribution in [0.15, 0.2) is 36.4 Å². The summed E-state index contributed by atoms with van der Waals surface area (Å²) in [5, 5.41) is 31.5. The third-order valence-electron chi connectivity index (χ3n) is 3.76. The quantitative estimate of drug-likeness (QED) is 0.571. The van der Waals surface area contributed by atoms with Crippen LogP contribution in [0.4, 0.5) is 5.69 Å². The summed E-state index contributed by atoms with van der Waals surface area (Å²) in [7, 11) is 1.44. The minimum atomic E-state index is -0.450. The molecule has 23 heavy (non-hydrogen) atoms. The van der Waals surface area contributed by atoms with Crippen molar-refractivity contribution >= 4 is 16.6 Å². The van der Waals surface area contributed by atoms with Crippen LogP contribution in [0.5, 0.6) is 17.2 Å². The molecule has 0 bridgehead atoms. The van der Waals surface area contributed by atoms with E-state index in [1.165, 1.54) is 31.4 Å². The molecule has 1 aromatic heterocycles. The highest BCUT2D eigenvalue weighted by molar-refractivity contribution is 5.94. The van der Waals surface area contributed by atoms with E-state index in [9.17, 15) is 20.3 Å². The Morgan fingerprint density at radius 2 is 1.91 bits per heavy atom. The van der Waals surface area contributed by atoms with E-state index in [1.54, 1.807) is 23.6 Å². The Hall–Kier alpha value is -3.22. The molecule has 0 aliphatic rings. The van der Waals surface area contributed by atoms with Crippen LogP contribution in [0.3, 0.4) is 0 Å². The van der Waals surface area contributed by atoms with Gasteiger partial charge in [-0.25, -0.2) is 0 Å². The number of aromatic nitrogens is 1. The number of hydrogen-bond acceptors (Lipinski definition) is 5. The van der Waals surface area contributed by atoms with E-state index < -0.39 is 4.92 Å². The van der Waals surface area contributed by atoms with Crippen molar-refractivity contribution in [1.82, 2.24) is 4.57 Å². The van der Waals surface area contributed by atoms with Gasteiger partial charge in [-0.2, -0.15) is 0 Å². The summed E-state index contributed by atoms with van der Waals surface area (Å²) in [6, 6.07) is 9.08. The summed E-state index contributed by atoms with van der Waals surface area (Å²) in [4.78, 5) is 10.9. The van der Waals surface area contributed by atoms with Crippen molar-refractivity contribution in [2.45, 2.75) is 6.92 Å². The number of fused-ring (bicyclic) bond motifs is 1. The maximum atomic E-state index is 11.4. The Balaban J connectivity index is 2.37. The molecule has 3 aromatic rings. The molecular weight excluding hydrogens is 300 g/mol. The lowest BCUT2D eigenvalue weighted by atomic mass is 10.2. The van der Waals surface area contributed by atoms with Crippen LogP contribution < -0.4 is 4.74 Å². The molecule has 118 valence electrons. The van der Waals surface area contributed by atoms with Crippen molar-refractivity contribution in [3.63, 3.8) is 0 Å². The number of methoxy groups -OCH3 is 1. The summed E-state index contributed by atoms with van der Waals surface area (Å²) in [5.74, 6) is 0.234. The normalized spacial score (nSPS) is 10.9. The molecule has 0 aliphatic heterocycles. The van der Waals surface area contributed by atoms with Gasteiger partial charge in [-0.05, 0) is 31.2 Å². The molecule has 0 saturated heterocycles. The maximum Gasteiger partial charge on any atom is 0.298 e. The average Bonchev–Trinajstić information content (AvgIpc) is 2.78. The lowest BCUT2D eigenvalue weighted by Gasteiger charge is -2.10. The van der Waals surface area contributed by atoms with E-state index in [0.717, 1.165) is 0 Å². The van der Waals surface area contributed by atoms with Gasteiger partial charge in [0.25, 0.3) is 5.69 Å². The topological polar surface area (TPSA) is 97.8 Å². The fourth-order valence-corrected chi connectivity index (χ4v) is 2.77. The number of rotatable bonds is 3. The lowest BCUT2D eigenvalue weighted by Crippen LogP contribution is -1.98. The monoisotopic (exact) mass is 314 g/mol. The summed E-state index contributed by atoms with van der Waals surface area (Å²) < 4.78 is 6.63. The molecule has 0 spiro atoms. The Kier molecular flexibility index (Phi) is 3.33. The molecule has 0 fully saturated rings. The van der Waals surface area contributed by atoms with Gasteiger partial charge in [0.2, 0.25) is 0 Å². The lowest BCUT2D eigenvalue weighted by molar-refractivity contribution is -0.383. The second-order valence-electron chi connectivity index (χ2n) is 5.08. The second-order valence-corrected chi connectivity index (χ2v) is 5.08. The molecular formula is C16H14N2O5. The molecule has 0 amide bonds. The van der Waals surface area contributed by atoms with Crippen LogP contribution in [0.25, 0.3) is 16.6 Å². The maximum absolute atomic E-state index is 11.4. The van der Waals surface area contributed by atoms with Gasteiger partial charge < -0.3 is 19.5 Å². The molecule has 2 aromatic carbocycles. The van der Waals surface area contributed by atoms with Gasteiger partial charge in [0.1, 0.15) is 5.75 Å². The minimum Gasteiger partial charge on any atom is -0.508 e. The molecule has 2 N–H and O–H groups in total. The third kappa shape index (κ3) is 2.22. The highest BCUT2D eigenvalue weighted by Crippen LogP contribution is 2.38. The zero-order valence-corrected chi connectivity index (χ0v) is 12.5. The van der Waals surface area contributed by atoms with E-state index in [0.29, 0.717) is 28.0 Å². The molecule has 0 saturated carbocycles. The number of phenols is 2. The first kappa shape index (κ1) is 14.7. The first-order valence-corrected chi connectivity index (χ1v) is 6.80. The van der Waals surface area contributed by atoms with Crippen LogP contribution in [0, 0.1) is 17.0 Å². The Morgan fingerprint density at radius 1 is 1.17 bits per heavy atom. The first-order chi connectivity index (χ1) is 10.9. The molecule has 0 aliphatic carbocycles. The van der Waals surface area contributed by atoms with Gasteiger partial charge in [-0.3, -0.25) is 10.1 Å². The zero-order valence-electron chi connectivity index (χ0n) is 12.5. The summed E-state index contributed by atoms with van der Waals surface area (Å²) in [6.07, 6.45) is 0. The van der Waals surface area contributed by atoms with E-state index in [2.05, 4.69) is 0 Å². The van der Waals surface area contributed by atoms with Gasteiger partial charge in [0, 0.05) is 12.1 Å². The molecule has 7 heteroatoms. The van der Waals surface area contributed by atoms with E-state index >= 15 is 0 Å². The van der Waals surface area contributed by atoms with Crippen LogP contribution in [0.2, 0.25) is 0 Å². The van der Waals surface area contributed by atoms with E-state index in [-0.39, 0.29) is 17.2 Å². The van der Waals surface area contributed by atoms with Crippen molar-refractivity contribution in [3.8, 4) is 22.9 Å². The number of nitrogens with zero attached hydrogens (tertiary/aromatic N) is 2. The number of hydrogen-bond donors (Lipinski definition) is 2. The van der Waals surface area contributed by atoms with Crippen LogP contribution in [-0.2, 0) is 0 Å². The molecule has 0 unspecified atom stereocenters. The summed E-state index contributed by atoms with van der Waals surface area (Å²) in [6.45, 7) is 1.62. The van der Waals surface area contributed by atoms with Crippen LogP contribution in [-0.4, -0.2) is 26.8 Å². The van der Waals surface area contributed by atoms with E-state index in [4.69, 9.17) is 4.74 Å². The summed E-state index contributed by atoms with van der Waals surface area (Å²) in [5.41, 5.74) is 1.39.